The summed E-state index contributed by atoms with van der Waals surface area (Å²) in [6.45, 7) is 3.80. The molecule has 0 saturated heterocycles. The largest absolute Gasteiger partial charge is 0.466 e. The summed E-state index contributed by atoms with van der Waals surface area (Å²) >= 11 is 0. The summed E-state index contributed by atoms with van der Waals surface area (Å²) in [5.74, 6) is -0.600. The third kappa shape index (κ3) is 4.11. The van der Waals surface area contributed by atoms with Gasteiger partial charge < -0.3 is 10.1 Å². The molecule has 8 nitrogen and oxygen atoms in total. The molecule has 176 valence electrons. The first kappa shape index (κ1) is 22.0. The van der Waals surface area contributed by atoms with Crippen LogP contribution in [0.5, 0.6) is 0 Å². The van der Waals surface area contributed by atoms with Crippen LogP contribution in [-0.4, -0.2) is 36.7 Å². The molecule has 0 radical (unpaired) electrons. The summed E-state index contributed by atoms with van der Waals surface area (Å²) in [6.07, 6.45) is 10.6. The van der Waals surface area contributed by atoms with Gasteiger partial charge >= 0.3 is 5.97 Å². The van der Waals surface area contributed by atoms with Crippen LogP contribution in [0.2, 0.25) is 0 Å². The van der Waals surface area contributed by atoms with Crippen molar-refractivity contribution in [3.8, 4) is 11.3 Å². The van der Waals surface area contributed by atoms with Gasteiger partial charge in [0.25, 0.3) is 0 Å². The van der Waals surface area contributed by atoms with E-state index < -0.39 is 11.6 Å². The Morgan fingerprint density at radius 2 is 2.03 bits per heavy atom. The second-order valence-corrected chi connectivity index (χ2v) is 8.53. The lowest BCUT2D eigenvalue weighted by molar-refractivity contribution is -0.145. The van der Waals surface area contributed by atoms with Gasteiger partial charge in [0.1, 0.15) is 11.6 Å². The minimum absolute atomic E-state index is 0.150. The first-order valence-corrected chi connectivity index (χ1v) is 11.2. The number of esters is 1. The second kappa shape index (κ2) is 8.85. The fourth-order valence-electron chi connectivity index (χ4n) is 4.34. The minimum atomic E-state index is -0.663. The summed E-state index contributed by atoms with van der Waals surface area (Å²) in [6, 6.07) is 2.58. The van der Waals surface area contributed by atoms with Crippen LogP contribution in [0.1, 0.15) is 37.8 Å². The number of anilines is 2. The van der Waals surface area contributed by atoms with E-state index in [2.05, 4.69) is 20.4 Å². The zero-order valence-electron chi connectivity index (χ0n) is 18.8. The smallest absolute Gasteiger partial charge is 0.306 e. The Hall–Kier alpha value is -3.82. The Labute approximate surface area is 194 Å². The zero-order valence-corrected chi connectivity index (χ0v) is 18.8. The van der Waals surface area contributed by atoms with Gasteiger partial charge in [0, 0.05) is 36.6 Å². The third-order valence-corrected chi connectivity index (χ3v) is 6.16. The summed E-state index contributed by atoms with van der Waals surface area (Å²) < 4.78 is 36.8. The number of benzene rings is 1. The molecule has 4 aromatic rings. The number of aryl methyl sites for hydroxylation is 1. The van der Waals surface area contributed by atoms with Crippen LogP contribution in [0.3, 0.4) is 0 Å². The van der Waals surface area contributed by atoms with Crippen molar-refractivity contribution in [2.24, 2.45) is 5.92 Å². The van der Waals surface area contributed by atoms with Crippen LogP contribution < -0.4 is 5.32 Å². The number of nitrogens with zero attached hydrogens (tertiary/aromatic N) is 5. The van der Waals surface area contributed by atoms with Gasteiger partial charge in [0.2, 0.25) is 0 Å². The summed E-state index contributed by atoms with van der Waals surface area (Å²) in [4.78, 5) is 20.5. The predicted octanol–water partition coefficient (Wildman–Crippen LogP) is 4.83. The quantitative estimate of drug-likeness (QED) is 0.393. The number of halogens is 2. The number of nitrogens with one attached hydrogen (secondary N) is 1. The molecule has 34 heavy (non-hydrogen) atoms. The van der Waals surface area contributed by atoms with Gasteiger partial charge in [-0.15, -0.1) is 0 Å². The van der Waals surface area contributed by atoms with Crippen molar-refractivity contribution in [3.05, 3.63) is 60.3 Å². The molecule has 5 rings (SSSR count). The van der Waals surface area contributed by atoms with Gasteiger partial charge in [0.05, 0.1) is 36.4 Å². The van der Waals surface area contributed by atoms with Crippen molar-refractivity contribution in [1.29, 1.82) is 0 Å². The van der Waals surface area contributed by atoms with Crippen LogP contribution >= 0.6 is 0 Å². The standard InChI is InChI=1S/C24H24F2N6O2/c1-3-34-22(33)9-15-7-17(8-15)32-13-16(11-29-32)30-23-24-27-4-5-31(24)21(12-28-23)18-6-14(2)19(25)10-20(18)26/h4-6,10-13,15,17H,3,7-9H2,1-2H3,(H,28,30). The van der Waals surface area contributed by atoms with Crippen molar-refractivity contribution >= 4 is 23.1 Å². The molecule has 1 fully saturated rings. The van der Waals surface area contributed by atoms with Crippen molar-refractivity contribution < 1.29 is 18.3 Å². The van der Waals surface area contributed by atoms with E-state index in [1.54, 1.807) is 36.8 Å². The van der Waals surface area contributed by atoms with Gasteiger partial charge in [-0.2, -0.15) is 5.10 Å². The van der Waals surface area contributed by atoms with E-state index in [1.807, 2.05) is 10.9 Å². The topological polar surface area (TPSA) is 86.3 Å². The lowest BCUT2D eigenvalue weighted by Crippen LogP contribution is -2.29. The van der Waals surface area contributed by atoms with Crippen LogP contribution in [0.25, 0.3) is 16.9 Å². The van der Waals surface area contributed by atoms with Gasteiger partial charge in [-0.1, -0.05) is 0 Å². The number of aromatic nitrogens is 5. The van der Waals surface area contributed by atoms with Gasteiger partial charge in [-0.05, 0) is 44.2 Å². The van der Waals surface area contributed by atoms with Crippen LogP contribution in [0.15, 0.2) is 43.1 Å². The summed E-state index contributed by atoms with van der Waals surface area (Å²) in [7, 11) is 0. The molecule has 0 atom stereocenters. The maximum Gasteiger partial charge on any atom is 0.306 e. The van der Waals surface area contributed by atoms with Gasteiger partial charge in [0.15, 0.2) is 11.5 Å². The highest BCUT2D eigenvalue weighted by molar-refractivity contribution is 5.74. The maximum absolute atomic E-state index is 14.5. The Morgan fingerprint density at radius 3 is 2.82 bits per heavy atom. The second-order valence-electron chi connectivity index (χ2n) is 8.53. The molecule has 1 saturated carbocycles. The van der Waals surface area contributed by atoms with Crippen molar-refractivity contribution in [3.63, 3.8) is 0 Å². The number of carbonyl (C=O) groups is 1. The summed E-state index contributed by atoms with van der Waals surface area (Å²) in [5.41, 5.74) is 2.31. The van der Waals surface area contributed by atoms with E-state index in [1.165, 1.54) is 12.3 Å². The van der Waals surface area contributed by atoms with Gasteiger partial charge in [-0.3, -0.25) is 13.9 Å². The van der Waals surface area contributed by atoms with Crippen LogP contribution in [-0.2, 0) is 9.53 Å². The molecule has 1 aliphatic rings. The number of rotatable bonds is 7. The Morgan fingerprint density at radius 1 is 1.21 bits per heavy atom. The lowest BCUT2D eigenvalue weighted by atomic mass is 9.78. The Balaban J connectivity index is 1.32. The Bertz CT molecular complexity index is 1360. The average molecular weight is 466 g/mol. The van der Waals surface area contributed by atoms with Gasteiger partial charge in [-0.25, -0.2) is 18.7 Å². The molecule has 1 aromatic carbocycles. The van der Waals surface area contributed by atoms with E-state index in [4.69, 9.17) is 4.74 Å². The number of carbonyl (C=O) groups excluding carboxylic acids is 1. The highest BCUT2D eigenvalue weighted by Crippen LogP contribution is 2.40. The normalized spacial score (nSPS) is 17.5. The lowest BCUT2D eigenvalue weighted by Gasteiger charge is -2.34. The van der Waals surface area contributed by atoms with E-state index in [0.29, 0.717) is 41.7 Å². The van der Waals surface area contributed by atoms with Crippen molar-refractivity contribution in [2.45, 2.75) is 39.2 Å². The van der Waals surface area contributed by atoms with Crippen molar-refractivity contribution in [2.75, 3.05) is 11.9 Å². The fourth-order valence-corrected chi connectivity index (χ4v) is 4.34. The van der Waals surface area contributed by atoms with Crippen LogP contribution in [0.4, 0.5) is 20.3 Å². The molecule has 3 heterocycles. The molecule has 3 aromatic heterocycles. The number of fused-ring (bicyclic) bond motifs is 1. The molecule has 0 aliphatic heterocycles. The first-order chi connectivity index (χ1) is 16.4. The summed E-state index contributed by atoms with van der Waals surface area (Å²) in [5, 5.41) is 7.67. The highest BCUT2D eigenvalue weighted by atomic mass is 19.1. The molecule has 0 amide bonds. The fraction of sp³-hybridized carbons (Fsp3) is 0.333. The SMILES string of the molecule is CCOC(=O)CC1CC(n2cc(Nc3ncc(-c4cc(C)c(F)cc4F)n4ccnc34)cn2)C1. The first-order valence-electron chi connectivity index (χ1n) is 11.2. The number of hydrogen-bond acceptors (Lipinski definition) is 6. The Kier molecular flexibility index (Phi) is 5.72. The van der Waals surface area contributed by atoms with Crippen LogP contribution in [0, 0.1) is 24.5 Å². The number of ether oxygens (including phenoxy) is 1. The molecular formula is C24H24F2N6O2. The minimum Gasteiger partial charge on any atom is -0.466 e. The highest BCUT2D eigenvalue weighted by Gasteiger charge is 2.33. The third-order valence-electron chi connectivity index (χ3n) is 6.16. The van der Waals surface area contributed by atoms with E-state index in [0.717, 1.165) is 24.6 Å². The molecular weight excluding hydrogens is 442 g/mol. The monoisotopic (exact) mass is 466 g/mol. The zero-order chi connectivity index (χ0) is 23.8. The molecule has 0 bridgehead atoms. The number of imidazole rings is 1. The molecule has 1 aliphatic carbocycles. The van der Waals surface area contributed by atoms with E-state index >= 15 is 0 Å². The predicted molar refractivity (Wildman–Crippen MR) is 122 cm³/mol. The molecule has 1 N–H and O–H groups in total. The molecule has 10 heteroatoms. The maximum atomic E-state index is 14.5. The molecule has 0 spiro atoms. The van der Waals surface area contributed by atoms with E-state index in [9.17, 15) is 13.6 Å². The van der Waals surface area contributed by atoms with E-state index in [-0.39, 0.29) is 17.6 Å². The van der Waals surface area contributed by atoms with Crippen molar-refractivity contribution in [1.82, 2.24) is 24.1 Å². The average Bonchev–Trinajstić information content (AvgIpc) is 3.44. The number of hydrogen-bond donors (Lipinski definition) is 1. The molecule has 0 unspecified atom stereocenters.